The maximum Gasteiger partial charge on any atom is 0.242 e. The van der Waals surface area contributed by atoms with Crippen LogP contribution in [0.3, 0.4) is 0 Å². The first-order valence-corrected chi connectivity index (χ1v) is 13.0. The molecule has 2 aromatic rings. The molecule has 34 heavy (non-hydrogen) atoms. The van der Waals surface area contributed by atoms with Crippen LogP contribution in [0.2, 0.25) is 0 Å². The number of benzene rings is 1. The quantitative estimate of drug-likeness (QED) is 0.647. The summed E-state index contributed by atoms with van der Waals surface area (Å²) in [5, 5.41) is 17.9. The molecule has 1 aromatic heterocycles. The number of amides is 1. The van der Waals surface area contributed by atoms with Gasteiger partial charge in [0, 0.05) is 39.0 Å². The number of aliphatic hydroxyl groups is 1. The van der Waals surface area contributed by atoms with Gasteiger partial charge in [-0.1, -0.05) is 24.3 Å². The van der Waals surface area contributed by atoms with Crippen molar-refractivity contribution in [1.29, 1.82) is 0 Å². The topological polar surface area (TPSA) is 118 Å². The first-order valence-electron chi connectivity index (χ1n) is 11.6. The highest BCUT2D eigenvalue weighted by molar-refractivity contribution is 7.89. The number of likely N-dealkylation sites (N-methyl/N-ethyl adjacent to an activating group) is 1. The van der Waals surface area contributed by atoms with E-state index in [2.05, 4.69) is 10.3 Å². The Balaban J connectivity index is 1.86. The first-order chi connectivity index (χ1) is 16.1. The molecule has 0 unspecified atom stereocenters. The molecule has 2 heterocycles. The number of carbonyl (C=O) groups is 1. The zero-order chi connectivity index (χ0) is 24.9. The number of aliphatic hydroxyl groups excluding tert-OH is 1. The Bertz CT molecular complexity index is 1070. The summed E-state index contributed by atoms with van der Waals surface area (Å²) in [4.78, 5) is 14.8. The van der Waals surface area contributed by atoms with Gasteiger partial charge in [-0.3, -0.25) is 9.48 Å². The van der Waals surface area contributed by atoms with E-state index in [1.807, 2.05) is 19.9 Å². The zero-order valence-corrected chi connectivity index (χ0v) is 21.1. The van der Waals surface area contributed by atoms with Crippen molar-refractivity contribution in [1.82, 2.24) is 24.2 Å². The maximum absolute atomic E-state index is 13.2. The second-order valence-corrected chi connectivity index (χ2v) is 11.1. The van der Waals surface area contributed by atoms with Crippen molar-refractivity contribution in [2.75, 3.05) is 26.7 Å². The van der Waals surface area contributed by atoms with E-state index in [4.69, 9.17) is 4.74 Å². The standard InChI is InChI=1S/C23H35N5O5S/c1-17-7-5-8-21(11-17)34(31,32)26(4)14-22-18(2)12-28(19(3)15-29)23(30)9-6-10-27-13-20(16-33-22)24-25-27/h5,7-8,11,13,18-19,22,29H,6,9-10,12,14-16H2,1-4H3/t18-,19+,22-/m0/s1. The van der Waals surface area contributed by atoms with Crippen LogP contribution in [0.5, 0.6) is 0 Å². The van der Waals surface area contributed by atoms with Crippen molar-refractivity contribution < 1.29 is 23.1 Å². The lowest BCUT2D eigenvalue weighted by Gasteiger charge is -2.35. The van der Waals surface area contributed by atoms with Crippen molar-refractivity contribution in [3.05, 3.63) is 41.7 Å². The average Bonchev–Trinajstić information content (AvgIpc) is 3.26. The molecule has 3 atom stereocenters. The fraction of sp³-hybridized carbons (Fsp3) is 0.609. The lowest BCUT2D eigenvalue weighted by molar-refractivity contribution is -0.136. The van der Waals surface area contributed by atoms with Crippen LogP contribution in [0.4, 0.5) is 0 Å². The molecule has 1 aliphatic rings. The molecule has 3 rings (SSSR count). The van der Waals surface area contributed by atoms with Gasteiger partial charge in [-0.15, -0.1) is 5.10 Å². The second-order valence-electron chi connectivity index (χ2n) is 9.08. The van der Waals surface area contributed by atoms with E-state index in [1.165, 1.54) is 11.4 Å². The Morgan fingerprint density at radius 2 is 2.12 bits per heavy atom. The number of fused-ring (bicyclic) bond motifs is 2. The van der Waals surface area contributed by atoms with E-state index in [-0.39, 0.29) is 42.5 Å². The molecule has 0 radical (unpaired) electrons. The molecule has 2 bridgehead atoms. The molecule has 1 N–H and O–H groups in total. The average molecular weight is 494 g/mol. The molecule has 1 aliphatic heterocycles. The van der Waals surface area contributed by atoms with Crippen molar-refractivity contribution in [3.63, 3.8) is 0 Å². The Kier molecular flexibility index (Phi) is 8.80. The van der Waals surface area contributed by atoms with E-state index in [0.717, 1.165) is 5.56 Å². The lowest BCUT2D eigenvalue weighted by Crippen LogP contribution is -2.47. The number of aryl methyl sites for hydroxylation is 2. The van der Waals surface area contributed by atoms with Gasteiger partial charge in [0.05, 0.1) is 36.5 Å². The van der Waals surface area contributed by atoms with Crippen molar-refractivity contribution in [3.8, 4) is 0 Å². The van der Waals surface area contributed by atoms with Crippen LogP contribution >= 0.6 is 0 Å². The normalized spacial score (nSPS) is 21.6. The third-order valence-electron chi connectivity index (χ3n) is 6.18. The van der Waals surface area contributed by atoms with Gasteiger partial charge in [-0.05, 0) is 38.0 Å². The highest BCUT2D eigenvalue weighted by Crippen LogP contribution is 2.21. The minimum Gasteiger partial charge on any atom is -0.394 e. The zero-order valence-electron chi connectivity index (χ0n) is 20.3. The lowest BCUT2D eigenvalue weighted by atomic mass is 10.0. The molecule has 10 nitrogen and oxygen atoms in total. The summed E-state index contributed by atoms with van der Waals surface area (Å²) in [6.07, 6.45) is 2.19. The molecule has 0 spiro atoms. The maximum atomic E-state index is 13.2. The van der Waals surface area contributed by atoms with Gasteiger partial charge in [0.25, 0.3) is 0 Å². The van der Waals surface area contributed by atoms with Crippen LogP contribution < -0.4 is 0 Å². The Labute approximate surface area is 201 Å². The van der Waals surface area contributed by atoms with Crippen molar-refractivity contribution in [2.24, 2.45) is 5.92 Å². The molecular weight excluding hydrogens is 458 g/mol. The van der Waals surface area contributed by atoms with Gasteiger partial charge in [0.15, 0.2) is 0 Å². The predicted molar refractivity (Wildman–Crippen MR) is 126 cm³/mol. The van der Waals surface area contributed by atoms with Gasteiger partial charge < -0.3 is 14.7 Å². The third-order valence-corrected chi connectivity index (χ3v) is 8.00. The summed E-state index contributed by atoms with van der Waals surface area (Å²) in [6.45, 7) is 6.59. The highest BCUT2D eigenvalue weighted by Gasteiger charge is 2.31. The molecule has 0 saturated carbocycles. The van der Waals surface area contributed by atoms with E-state index in [9.17, 15) is 18.3 Å². The number of nitrogens with zero attached hydrogens (tertiary/aromatic N) is 5. The van der Waals surface area contributed by atoms with Crippen LogP contribution in [0.1, 0.15) is 37.9 Å². The minimum absolute atomic E-state index is 0.0625. The van der Waals surface area contributed by atoms with Crippen molar-refractivity contribution >= 4 is 15.9 Å². The molecule has 188 valence electrons. The summed E-state index contributed by atoms with van der Waals surface area (Å²) in [5.41, 5.74) is 1.50. The molecule has 1 amide bonds. The number of carbonyl (C=O) groups excluding carboxylic acids is 1. The largest absolute Gasteiger partial charge is 0.394 e. The Hall–Kier alpha value is -2.34. The smallest absolute Gasteiger partial charge is 0.242 e. The monoisotopic (exact) mass is 493 g/mol. The second kappa shape index (κ2) is 11.4. The Morgan fingerprint density at radius 1 is 1.35 bits per heavy atom. The summed E-state index contributed by atoms with van der Waals surface area (Å²) in [5.74, 6) is -0.267. The van der Waals surface area contributed by atoms with E-state index >= 15 is 0 Å². The van der Waals surface area contributed by atoms with Crippen LogP contribution in [-0.4, -0.2) is 82.5 Å². The molecule has 1 aromatic carbocycles. The van der Waals surface area contributed by atoms with E-state index in [1.54, 1.807) is 40.9 Å². The molecular formula is C23H35N5O5S. The molecule has 0 aliphatic carbocycles. The van der Waals surface area contributed by atoms with Crippen LogP contribution in [0.15, 0.2) is 35.4 Å². The van der Waals surface area contributed by atoms with Gasteiger partial charge in [0.2, 0.25) is 15.9 Å². The highest BCUT2D eigenvalue weighted by atomic mass is 32.2. The molecule has 0 saturated heterocycles. The number of ether oxygens (including phenoxy) is 1. The summed E-state index contributed by atoms with van der Waals surface area (Å²) in [7, 11) is -2.20. The van der Waals surface area contributed by atoms with E-state index in [0.29, 0.717) is 31.6 Å². The fourth-order valence-electron chi connectivity index (χ4n) is 4.00. The fourth-order valence-corrected chi connectivity index (χ4v) is 5.29. The van der Waals surface area contributed by atoms with E-state index < -0.39 is 16.1 Å². The summed E-state index contributed by atoms with van der Waals surface area (Å²) >= 11 is 0. The number of rotatable bonds is 6. The van der Waals surface area contributed by atoms with Crippen LogP contribution in [0.25, 0.3) is 0 Å². The number of hydrogen-bond donors (Lipinski definition) is 1. The SMILES string of the molecule is Cc1cccc(S(=O)(=O)N(C)C[C@@H]2OCc3cn(nn3)CCCC(=O)N([C@H](C)CO)C[C@@H]2C)c1. The molecule has 0 fully saturated rings. The molecule has 11 heteroatoms. The van der Waals surface area contributed by atoms with Crippen LogP contribution in [0, 0.1) is 12.8 Å². The van der Waals surface area contributed by atoms with Gasteiger partial charge in [-0.25, -0.2) is 8.42 Å². The summed E-state index contributed by atoms with van der Waals surface area (Å²) < 4.78 is 35.5. The van der Waals surface area contributed by atoms with Crippen molar-refractivity contribution in [2.45, 2.75) is 63.8 Å². The minimum atomic E-state index is -3.73. The predicted octanol–water partition coefficient (Wildman–Crippen LogP) is 1.43. The summed E-state index contributed by atoms with van der Waals surface area (Å²) in [6, 6.07) is 6.43. The Morgan fingerprint density at radius 3 is 2.82 bits per heavy atom. The third kappa shape index (κ3) is 6.41. The van der Waals surface area contributed by atoms with Gasteiger partial charge >= 0.3 is 0 Å². The number of hydrogen-bond acceptors (Lipinski definition) is 7. The number of aromatic nitrogens is 3. The van der Waals surface area contributed by atoms with Crippen LogP contribution in [-0.2, 0) is 32.7 Å². The van der Waals surface area contributed by atoms with Gasteiger partial charge in [0.1, 0.15) is 5.69 Å². The first kappa shape index (κ1) is 26.3. The number of sulfonamides is 1. The van der Waals surface area contributed by atoms with Gasteiger partial charge in [-0.2, -0.15) is 4.31 Å².